The van der Waals surface area contributed by atoms with Crippen molar-refractivity contribution in [2.24, 2.45) is 0 Å². The lowest BCUT2D eigenvalue weighted by Gasteiger charge is -2.29. The highest BCUT2D eigenvalue weighted by Gasteiger charge is 2.28. The number of nitro benzene ring substituents is 1. The fourth-order valence-electron chi connectivity index (χ4n) is 3.01. The average molecular weight is 291 g/mol. The van der Waals surface area contributed by atoms with E-state index in [-0.39, 0.29) is 24.1 Å². The van der Waals surface area contributed by atoms with Gasteiger partial charge in [0.2, 0.25) is 5.91 Å². The molecule has 1 fully saturated rings. The average Bonchev–Trinajstić information content (AvgIpc) is 2.79. The number of carbonyl (C=O) groups excluding carboxylic acids is 1. The molecule has 1 heterocycles. The van der Waals surface area contributed by atoms with Crippen molar-refractivity contribution in [1.82, 2.24) is 0 Å². The first-order chi connectivity index (χ1) is 10.0. The molecule has 2 aliphatic rings. The molecule has 1 saturated carbocycles. The van der Waals surface area contributed by atoms with Gasteiger partial charge in [0, 0.05) is 11.8 Å². The Morgan fingerprint density at radius 1 is 1.33 bits per heavy atom. The van der Waals surface area contributed by atoms with Gasteiger partial charge in [0.05, 0.1) is 23.5 Å². The number of amides is 1. The first kappa shape index (κ1) is 13.8. The van der Waals surface area contributed by atoms with Crippen molar-refractivity contribution < 1.29 is 14.8 Å². The van der Waals surface area contributed by atoms with Gasteiger partial charge in [-0.25, -0.2) is 0 Å². The Labute approximate surface area is 121 Å². The zero-order valence-corrected chi connectivity index (χ0v) is 11.5. The molecule has 0 aromatic heterocycles. The number of benzene rings is 1. The van der Waals surface area contributed by atoms with Gasteiger partial charge in [-0.1, -0.05) is 12.8 Å². The smallest absolute Gasteiger partial charge is 0.292 e. The summed E-state index contributed by atoms with van der Waals surface area (Å²) in [6.45, 7) is 0. The van der Waals surface area contributed by atoms with E-state index in [1.165, 1.54) is 6.07 Å². The van der Waals surface area contributed by atoms with Gasteiger partial charge < -0.3 is 15.7 Å². The van der Waals surface area contributed by atoms with Crippen LogP contribution in [0.5, 0.6) is 0 Å². The lowest BCUT2D eigenvalue weighted by molar-refractivity contribution is -0.384. The summed E-state index contributed by atoms with van der Waals surface area (Å²) in [5.41, 5.74) is 1.55. The van der Waals surface area contributed by atoms with E-state index in [0.29, 0.717) is 23.4 Å². The van der Waals surface area contributed by atoms with Gasteiger partial charge in [-0.05, 0) is 24.5 Å². The van der Waals surface area contributed by atoms with Gasteiger partial charge in [-0.3, -0.25) is 14.9 Å². The first-order valence-corrected chi connectivity index (χ1v) is 7.10. The van der Waals surface area contributed by atoms with Gasteiger partial charge in [-0.2, -0.15) is 0 Å². The summed E-state index contributed by atoms with van der Waals surface area (Å²) in [5, 5.41) is 27.0. The zero-order chi connectivity index (χ0) is 15.0. The number of hydrogen-bond donors (Lipinski definition) is 3. The summed E-state index contributed by atoms with van der Waals surface area (Å²) < 4.78 is 0. The molecule has 3 rings (SSSR count). The number of aliphatic hydroxyl groups excluding tert-OH is 1. The number of hydrogen-bond acceptors (Lipinski definition) is 5. The molecular weight excluding hydrogens is 274 g/mol. The summed E-state index contributed by atoms with van der Waals surface area (Å²) in [7, 11) is 0. The minimum Gasteiger partial charge on any atom is -0.391 e. The van der Waals surface area contributed by atoms with Crippen molar-refractivity contribution in [3.8, 4) is 0 Å². The Bertz CT molecular complexity index is 602. The second-order valence-corrected chi connectivity index (χ2v) is 5.61. The van der Waals surface area contributed by atoms with Crippen LogP contribution in [-0.2, 0) is 11.2 Å². The number of nitrogens with one attached hydrogen (secondary N) is 2. The highest BCUT2D eigenvalue weighted by Crippen LogP contribution is 2.36. The Morgan fingerprint density at radius 3 is 2.81 bits per heavy atom. The summed E-state index contributed by atoms with van der Waals surface area (Å²) in [6.07, 6.45) is 3.12. The number of anilines is 2. The van der Waals surface area contributed by atoms with Crippen LogP contribution in [0.25, 0.3) is 0 Å². The lowest BCUT2D eigenvalue weighted by atomic mass is 9.92. The van der Waals surface area contributed by atoms with Crippen LogP contribution in [0.2, 0.25) is 0 Å². The predicted molar refractivity (Wildman–Crippen MR) is 77.3 cm³/mol. The zero-order valence-electron chi connectivity index (χ0n) is 11.5. The molecule has 0 radical (unpaired) electrons. The van der Waals surface area contributed by atoms with Crippen LogP contribution in [0, 0.1) is 10.1 Å². The van der Waals surface area contributed by atoms with E-state index in [1.54, 1.807) is 6.07 Å². The van der Waals surface area contributed by atoms with E-state index in [4.69, 9.17) is 0 Å². The SMILES string of the molecule is O=C1Cc2cc([N+](=O)[O-])c(NC3CCCCC3O)cc2N1. The van der Waals surface area contributed by atoms with Crippen LogP contribution in [0.3, 0.4) is 0 Å². The van der Waals surface area contributed by atoms with Crippen LogP contribution >= 0.6 is 0 Å². The molecule has 7 nitrogen and oxygen atoms in total. The Hall–Kier alpha value is -2.15. The second kappa shape index (κ2) is 5.33. The standard InChI is InChI=1S/C14H17N3O4/c18-13-4-2-1-3-9(13)15-11-7-10-8(6-14(19)16-10)5-12(11)17(20)21/h5,7,9,13,15,18H,1-4,6H2,(H,16,19). The highest BCUT2D eigenvalue weighted by atomic mass is 16.6. The Kier molecular flexibility index (Phi) is 3.50. The van der Waals surface area contributed by atoms with Gasteiger partial charge in [0.1, 0.15) is 5.69 Å². The number of fused-ring (bicyclic) bond motifs is 1. The summed E-state index contributed by atoms with van der Waals surface area (Å²) in [5.74, 6) is -0.158. The molecule has 2 atom stereocenters. The third kappa shape index (κ3) is 2.69. The van der Waals surface area contributed by atoms with Crippen molar-refractivity contribution in [3.05, 3.63) is 27.8 Å². The molecule has 1 amide bonds. The normalized spacial score (nSPS) is 24.3. The predicted octanol–water partition coefficient (Wildman–Crippen LogP) is 1.80. The van der Waals surface area contributed by atoms with Crippen LogP contribution < -0.4 is 10.6 Å². The molecular formula is C14H17N3O4. The van der Waals surface area contributed by atoms with E-state index in [9.17, 15) is 20.0 Å². The largest absolute Gasteiger partial charge is 0.391 e. The quantitative estimate of drug-likeness (QED) is 0.582. The monoisotopic (exact) mass is 291 g/mol. The van der Waals surface area contributed by atoms with E-state index in [2.05, 4.69) is 10.6 Å². The number of aliphatic hydroxyl groups is 1. The van der Waals surface area contributed by atoms with Crippen LogP contribution in [-0.4, -0.2) is 28.1 Å². The highest BCUT2D eigenvalue weighted by molar-refractivity contribution is 6.00. The third-order valence-electron chi connectivity index (χ3n) is 4.11. The van der Waals surface area contributed by atoms with Crippen molar-refractivity contribution in [3.63, 3.8) is 0 Å². The molecule has 0 spiro atoms. The van der Waals surface area contributed by atoms with Gasteiger partial charge >= 0.3 is 0 Å². The molecule has 1 aromatic rings. The maximum atomic E-state index is 11.4. The molecule has 2 unspecified atom stereocenters. The van der Waals surface area contributed by atoms with Crippen LogP contribution in [0.1, 0.15) is 31.2 Å². The Balaban J connectivity index is 1.91. The third-order valence-corrected chi connectivity index (χ3v) is 4.11. The van der Waals surface area contributed by atoms with E-state index >= 15 is 0 Å². The van der Waals surface area contributed by atoms with Crippen molar-refractivity contribution in [1.29, 1.82) is 0 Å². The van der Waals surface area contributed by atoms with E-state index < -0.39 is 11.0 Å². The molecule has 1 aliphatic carbocycles. The summed E-state index contributed by atoms with van der Waals surface area (Å²) in [6, 6.07) is 2.84. The van der Waals surface area contributed by atoms with Crippen molar-refractivity contribution >= 4 is 23.0 Å². The molecule has 0 saturated heterocycles. The molecule has 112 valence electrons. The van der Waals surface area contributed by atoms with E-state index in [0.717, 1.165) is 19.3 Å². The molecule has 3 N–H and O–H groups in total. The van der Waals surface area contributed by atoms with Crippen molar-refractivity contribution in [2.75, 3.05) is 10.6 Å². The van der Waals surface area contributed by atoms with Crippen LogP contribution in [0.15, 0.2) is 12.1 Å². The van der Waals surface area contributed by atoms with Gasteiger partial charge in [-0.15, -0.1) is 0 Å². The maximum absolute atomic E-state index is 11.4. The first-order valence-electron chi connectivity index (χ1n) is 7.10. The number of carbonyl (C=O) groups is 1. The van der Waals surface area contributed by atoms with Crippen LogP contribution in [0.4, 0.5) is 17.1 Å². The molecule has 0 bridgehead atoms. The summed E-state index contributed by atoms with van der Waals surface area (Å²) in [4.78, 5) is 22.2. The molecule has 1 aromatic carbocycles. The fraction of sp³-hybridized carbons (Fsp3) is 0.500. The minimum atomic E-state index is -0.499. The minimum absolute atomic E-state index is 0.0528. The Morgan fingerprint density at radius 2 is 2.10 bits per heavy atom. The van der Waals surface area contributed by atoms with E-state index in [1.807, 2.05) is 0 Å². The molecule has 7 heteroatoms. The second-order valence-electron chi connectivity index (χ2n) is 5.61. The maximum Gasteiger partial charge on any atom is 0.292 e. The fourth-order valence-corrected chi connectivity index (χ4v) is 3.01. The van der Waals surface area contributed by atoms with Gasteiger partial charge in [0.15, 0.2) is 0 Å². The number of nitrogens with zero attached hydrogens (tertiary/aromatic N) is 1. The lowest BCUT2D eigenvalue weighted by Crippen LogP contribution is -2.36. The van der Waals surface area contributed by atoms with Gasteiger partial charge in [0.25, 0.3) is 5.69 Å². The summed E-state index contributed by atoms with van der Waals surface area (Å²) >= 11 is 0. The molecule has 21 heavy (non-hydrogen) atoms. The van der Waals surface area contributed by atoms with Crippen molar-refractivity contribution in [2.45, 2.75) is 44.2 Å². The number of rotatable bonds is 3. The molecule has 1 aliphatic heterocycles. The topological polar surface area (TPSA) is 104 Å². The number of nitro groups is 1.